The number of aromatic nitrogens is 3. The second-order valence-electron chi connectivity index (χ2n) is 4.13. The average Bonchev–Trinajstić information content (AvgIpc) is 2.67. The molecule has 2 heterocycles. The summed E-state index contributed by atoms with van der Waals surface area (Å²) in [6.07, 6.45) is 0.334. The van der Waals surface area contributed by atoms with E-state index in [0.717, 1.165) is 0 Å². The Bertz CT molecular complexity index is 434. The predicted octanol–water partition coefficient (Wildman–Crippen LogP) is 0.485. The van der Waals surface area contributed by atoms with Crippen LogP contribution in [0.4, 0.5) is 5.95 Å². The van der Waals surface area contributed by atoms with Crippen LogP contribution in [0.1, 0.15) is 13.3 Å². The smallest absolute Gasteiger partial charge is 0.322 e. The van der Waals surface area contributed by atoms with Crippen LogP contribution < -0.4 is 10.1 Å². The molecule has 0 aromatic carbocycles. The van der Waals surface area contributed by atoms with Crippen LogP contribution in [-0.2, 0) is 4.74 Å². The zero-order valence-electron chi connectivity index (χ0n) is 10.2. The quantitative estimate of drug-likeness (QED) is 0.826. The number of ether oxygens (including phenoxy) is 2. The molecule has 0 saturated carbocycles. The molecular weight excluding hydrogens is 260 g/mol. The van der Waals surface area contributed by atoms with Crippen molar-refractivity contribution < 1.29 is 14.6 Å². The summed E-state index contributed by atoms with van der Waals surface area (Å²) in [5.74, 6) is 0.263. The van der Waals surface area contributed by atoms with E-state index in [4.69, 9.17) is 21.1 Å². The molecular formula is C10H15ClN4O3. The zero-order chi connectivity index (χ0) is 13.2. The first-order chi connectivity index (χ1) is 8.53. The van der Waals surface area contributed by atoms with Crippen molar-refractivity contribution in [2.45, 2.75) is 25.0 Å². The number of hydrogen-bond donors (Lipinski definition) is 2. The van der Waals surface area contributed by atoms with Gasteiger partial charge in [-0.3, -0.25) is 0 Å². The van der Waals surface area contributed by atoms with E-state index in [1.165, 1.54) is 7.11 Å². The lowest BCUT2D eigenvalue weighted by molar-refractivity contribution is -0.0177. The first kappa shape index (κ1) is 13.3. The Balaban J connectivity index is 2.04. The summed E-state index contributed by atoms with van der Waals surface area (Å²) in [7, 11) is 1.44. The molecule has 1 aliphatic rings. The second kappa shape index (κ2) is 5.21. The van der Waals surface area contributed by atoms with Gasteiger partial charge in [-0.2, -0.15) is 15.0 Å². The van der Waals surface area contributed by atoms with E-state index >= 15 is 0 Å². The van der Waals surface area contributed by atoms with Crippen molar-refractivity contribution in [3.63, 3.8) is 0 Å². The maximum Gasteiger partial charge on any atom is 0.322 e. The van der Waals surface area contributed by atoms with Gasteiger partial charge in [0, 0.05) is 19.6 Å². The van der Waals surface area contributed by atoms with Crippen molar-refractivity contribution >= 4 is 17.5 Å². The largest absolute Gasteiger partial charge is 0.467 e. The Morgan fingerprint density at radius 1 is 1.56 bits per heavy atom. The fraction of sp³-hybridized carbons (Fsp3) is 0.700. The molecule has 1 saturated heterocycles. The van der Waals surface area contributed by atoms with E-state index in [2.05, 4.69) is 20.3 Å². The van der Waals surface area contributed by atoms with Crippen molar-refractivity contribution in [2.75, 3.05) is 25.6 Å². The monoisotopic (exact) mass is 274 g/mol. The molecule has 1 aromatic heterocycles. The SMILES string of the molecule is COc1nc(Cl)nc(NCC2(O)CCOC2C)n1. The third-order valence-corrected chi connectivity index (χ3v) is 3.15. The van der Waals surface area contributed by atoms with Gasteiger partial charge in [0.05, 0.1) is 13.2 Å². The van der Waals surface area contributed by atoms with Gasteiger partial charge in [0.1, 0.15) is 5.60 Å². The number of hydrogen-bond acceptors (Lipinski definition) is 7. The van der Waals surface area contributed by atoms with Gasteiger partial charge in [-0.05, 0) is 18.5 Å². The Morgan fingerprint density at radius 2 is 2.33 bits per heavy atom. The summed E-state index contributed by atoms with van der Waals surface area (Å²) < 4.78 is 10.2. The van der Waals surface area contributed by atoms with Crippen molar-refractivity contribution in [3.05, 3.63) is 5.28 Å². The van der Waals surface area contributed by atoms with Crippen LogP contribution in [0.5, 0.6) is 6.01 Å². The molecule has 18 heavy (non-hydrogen) atoms. The number of nitrogens with zero attached hydrogens (tertiary/aromatic N) is 3. The van der Waals surface area contributed by atoms with Crippen LogP contribution in [0.2, 0.25) is 5.28 Å². The molecule has 1 fully saturated rings. The third-order valence-electron chi connectivity index (χ3n) is 2.98. The van der Waals surface area contributed by atoms with Crippen LogP contribution in [-0.4, -0.2) is 52.0 Å². The Kier molecular flexibility index (Phi) is 3.84. The second-order valence-corrected chi connectivity index (χ2v) is 4.47. The van der Waals surface area contributed by atoms with Crippen LogP contribution in [0.3, 0.4) is 0 Å². The number of rotatable bonds is 4. The fourth-order valence-corrected chi connectivity index (χ4v) is 1.89. The van der Waals surface area contributed by atoms with Gasteiger partial charge in [-0.25, -0.2) is 0 Å². The minimum Gasteiger partial charge on any atom is -0.467 e. The molecule has 7 nitrogen and oxygen atoms in total. The Morgan fingerprint density at radius 3 is 2.94 bits per heavy atom. The van der Waals surface area contributed by atoms with E-state index in [9.17, 15) is 5.11 Å². The minimum absolute atomic E-state index is 0.0343. The van der Waals surface area contributed by atoms with E-state index in [0.29, 0.717) is 13.0 Å². The summed E-state index contributed by atoms with van der Waals surface area (Å²) >= 11 is 5.72. The van der Waals surface area contributed by atoms with Gasteiger partial charge in [0.2, 0.25) is 11.2 Å². The molecule has 0 aliphatic carbocycles. The number of halogens is 1. The molecule has 8 heteroatoms. The molecule has 1 aromatic rings. The summed E-state index contributed by atoms with van der Waals surface area (Å²) in [4.78, 5) is 11.6. The maximum absolute atomic E-state index is 10.3. The van der Waals surface area contributed by atoms with Gasteiger partial charge in [0.15, 0.2) is 0 Å². The van der Waals surface area contributed by atoms with Gasteiger partial charge in [-0.15, -0.1) is 0 Å². The van der Waals surface area contributed by atoms with Gasteiger partial charge >= 0.3 is 6.01 Å². The van der Waals surface area contributed by atoms with Crippen molar-refractivity contribution in [1.82, 2.24) is 15.0 Å². The molecule has 0 spiro atoms. The van der Waals surface area contributed by atoms with Crippen LogP contribution in [0.25, 0.3) is 0 Å². The highest BCUT2D eigenvalue weighted by atomic mass is 35.5. The normalized spacial score (nSPS) is 27.2. The van der Waals surface area contributed by atoms with Crippen LogP contribution in [0, 0.1) is 0 Å². The topological polar surface area (TPSA) is 89.4 Å². The highest BCUT2D eigenvalue weighted by molar-refractivity contribution is 6.28. The van der Waals surface area contributed by atoms with Gasteiger partial charge in [-0.1, -0.05) is 0 Å². The lowest BCUT2D eigenvalue weighted by Crippen LogP contribution is -2.43. The molecule has 0 amide bonds. The molecule has 0 bridgehead atoms. The molecule has 2 rings (SSSR count). The fourth-order valence-electron chi connectivity index (χ4n) is 1.74. The van der Waals surface area contributed by atoms with Crippen molar-refractivity contribution in [1.29, 1.82) is 0 Å². The molecule has 2 atom stereocenters. The van der Waals surface area contributed by atoms with Gasteiger partial charge in [0.25, 0.3) is 0 Å². The lowest BCUT2D eigenvalue weighted by atomic mass is 9.97. The van der Waals surface area contributed by atoms with Crippen molar-refractivity contribution in [3.8, 4) is 6.01 Å². The molecule has 100 valence electrons. The first-order valence-electron chi connectivity index (χ1n) is 5.57. The first-order valence-corrected chi connectivity index (χ1v) is 5.95. The summed E-state index contributed by atoms with van der Waals surface area (Å²) in [5, 5.41) is 13.2. The van der Waals surface area contributed by atoms with Crippen LogP contribution >= 0.6 is 11.6 Å². The van der Waals surface area contributed by atoms with Crippen LogP contribution in [0.15, 0.2) is 0 Å². The van der Waals surface area contributed by atoms with E-state index in [1.807, 2.05) is 6.92 Å². The Hall–Kier alpha value is -1.18. The summed E-state index contributed by atoms with van der Waals surface area (Å²) in [6.45, 7) is 2.65. The summed E-state index contributed by atoms with van der Waals surface area (Å²) in [6, 6.07) is 0.125. The maximum atomic E-state index is 10.3. The predicted molar refractivity (Wildman–Crippen MR) is 64.9 cm³/mol. The highest BCUT2D eigenvalue weighted by Gasteiger charge is 2.39. The zero-order valence-corrected chi connectivity index (χ0v) is 10.9. The number of aliphatic hydroxyl groups is 1. The molecule has 2 N–H and O–H groups in total. The minimum atomic E-state index is -0.924. The van der Waals surface area contributed by atoms with E-state index in [1.54, 1.807) is 0 Å². The van der Waals surface area contributed by atoms with Gasteiger partial charge < -0.3 is 19.9 Å². The highest BCUT2D eigenvalue weighted by Crippen LogP contribution is 2.25. The lowest BCUT2D eigenvalue weighted by Gasteiger charge is -2.26. The number of nitrogens with one attached hydrogen (secondary N) is 1. The third kappa shape index (κ3) is 2.80. The molecule has 1 aliphatic heterocycles. The number of anilines is 1. The molecule has 2 unspecified atom stereocenters. The van der Waals surface area contributed by atoms with E-state index in [-0.39, 0.29) is 29.9 Å². The Labute approximate surface area is 110 Å². The molecule has 0 radical (unpaired) electrons. The van der Waals surface area contributed by atoms with Crippen molar-refractivity contribution in [2.24, 2.45) is 0 Å². The van der Waals surface area contributed by atoms with E-state index < -0.39 is 5.60 Å². The standard InChI is InChI=1S/C10H15ClN4O3/c1-6-10(16,3-4-18-6)5-12-8-13-7(11)14-9(15-8)17-2/h6,16H,3-5H2,1-2H3,(H,12,13,14,15). The summed E-state index contributed by atoms with van der Waals surface area (Å²) in [5.41, 5.74) is -0.924. The average molecular weight is 275 g/mol. The number of methoxy groups -OCH3 is 1.